The van der Waals surface area contributed by atoms with Crippen molar-refractivity contribution in [2.24, 2.45) is 0 Å². The third-order valence-electron chi connectivity index (χ3n) is 2.98. The molecule has 0 fully saturated rings. The van der Waals surface area contributed by atoms with Gasteiger partial charge in [0.25, 0.3) is 0 Å². The van der Waals surface area contributed by atoms with Crippen LogP contribution in [-0.4, -0.2) is 59.3 Å². The first-order chi connectivity index (χ1) is 14.9. The normalized spacial score (nSPS) is 10.5. The first-order valence-corrected chi connectivity index (χ1v) is 9.40. The van der Waals surface area contributed by atoms with Gasteiger partial charge in [-0.05, 0) is 27.7 Å². The minimum absolute atomic E-state index is 0.0502. The molecule has 11 nitrogen and oxygen atoms in total. The maximum absolute atomic E-state index is 12.0. The van der Waals surface area contributed by atoms with Crippen LogP contribution in [0.25, 0.3) is 0 Å². The van der Waals surface area contributed by atoms with Crippen LogP contribution in [0.2, 0.25) is 0 Å². The second-order valence-electron chi connectivity index (χ2n) is 6.95. The highest BCUT2D eigenvalue weighted by molar-refractivity contribution is 5.89. The van der Waals surface area contributed by atoms with Crippen LogP contribution in [-0.2, 0) is 42.9 Å². The van der Waals surface area contributed by atoms with Gasteiger partial charge < -0.3 is 29.2 Å². The number of ether oxygens (including phenoxy) is 5. The van der Waals surface area contributed by atoms with Gasteiger partial charge in [-0.2, -0.15) is 0 Å². The number of rotatable bonds is 11. The third kappa shape index (κ3) is 13.0. The Balaban J connectivity index is 0. The summed E-state index contributed by atoms with van der Waals surface area (Å²) in [6, 6.07) is 0. The van der Waals surface area contributed by atoms with Gasteiger partial charge in [0.1, 0.15) is 0 Å². The van der Waals surface area contributed by atoms with Gasteiger partial charge in [-0.15, -0.1) is 0 Å². The van der Waals surface area contributed by atoms with E-state index in [0.29, 0.717) is 0 Å². The van der Waals surface area contributed by atoms with E-state index in [2.05, 4.69) is 26.3 Å². The predicted molar refractivity (Wildman–Crippen MR) is 116 cm³/mol. The Morgan fingerprint density at radius 1 is 0.576 bits per heavy atom. The zero-order valence-electron chi connectivity index (χ0n) is 19.8. The number of carbonyl (C=O) groups is 4. The standard InChI is InChI=1S/C20H26O9.C2H6O2/c1-11(2)15(21)25-19(9,26-16(22)12(3)4)29-20(10,27-17(23)13(5)6)28-18(24)14(7)8;3-1-2-4/h1,3,5,7H2,2,4,6,8-10H3;3-4H,1-2H2. The lowest BCUT2D eigenvalue weighted by Gasteiger charge is -2.36. The fourth-order valence-electron chi connectivity index (χ4n) is 1.48. The van der Waals surface area contributed by atoms with E-state index >= 15 is 0 Å². The third-order valence-corrected chi connectivity index (χ3v) is 2.98. The Hall–Kier alpha value is -3.28. The molecule has 0 spiro atoms. The number of hydrogen-bond acceptors (Lipinski definition) is 11. The molecule has 0 bridgehead atoms. The summed E-state index contributed by atoms with van der Waals surface area (Å²) < 4.78 is 25.5. The van der Waals surface area contributed by atoms with E-state index in [4.69, 9.17) is 33.9 Å². The number of carbonyl (C=O) groups excluding carboxylic acids is 4. The van der Waals surface area contributed by atoms with Crippen molar-refractivity contribution < 1.29 is 53.1 Å². The van der Waals surface area contributed by atoms with Crippen molar-refractivity contribution in [3.63, 3.8) is 0 Å². The zero-order valence-corrected chi connectivity index (χ0v) is 19.8. The van der Waals surface area contributed by atoms with Crippen molar-refractivity contribution in [3.8, 4) is 0 Å². The van der Waals surface area contributed by atoms with E-state index in [1.807, 2.05) is 0 Å². The SMILES string of the molecule is C=C(C)C(=O)OC(C)(OC(=O)C(=C)C)OC(C)(OC(=O)C(=C)C)OC(=O)C(=C)C.OCCO. The Labute approximate surface area is 192 Å². The van der Waals surface area contributed by atoms with Gasteiger partial charge in [-0.3, -0.25) is 0 Å². The summed E-state index contributed by atoms with van der Waals surface area (Å²) in [5, 5.41) is 15.2. The van der Waals surface area contributed by atoms with Crippen molar-refractivity contribution in [1.82, 2.24) is 0 Å². The molecule has 0 saturated carbocycles. The molecule has 0 unspecified atom stereocenters. The fraction of sp³-hybridized carbons (Fsp3) is 0.455. The van der Waals surface area contributed by atoms with E-state index in [9.17, 15) is 19.2 Å². The number of esters is 4. The summed E-state index contributed by atoms with van der Waals surface area (Å²) in [6.07, 6.45) is 0. The van der Waals surface area contributed by atoms with Gasteiger partial charge in [-0.1, -0.05) is 26.3 Å². The zero-order chi connectivity index (χ0) is 26.6. The van der Waals surface area contributed by atoms with Gasteiger partial charge in [0, 0.05) is 36.1 Å². The molecule has 11 heteroatoms. The van der Waals surface area contributed by atoms with E-state index in [0.717, 1.165) is 13.8 Å². The molecule has 0 saturated heterocycles. The van der Waals surface area contributed by atoms with Crippen LogP contribution < -0.4 is 0 Å². The minimum atomic E-state index is -2.49. The van der Waals surface area contributed by atoms with E-state index in [1.54, 1.807) is 0 Å². The van der Waals surface area contributed by atoms with Crippen molar-refractivity contribution in [2.75, 3.05) is 13.2 Å². The van der Waals surface area contributed by atoms with Gasteiger partial charge in [0.2, 0.25) is 0 Å². The summed E-state index contributed by atoms with van der Waals surface area (Å²) in [6.45, 7) is 20.8. The molecule has 0 atom stereocenters. The second kappa shape index (κ2) is 14.0. The van der Waals surface area contributed by atoms with Gasteiger partial charge in [0.05, 0.1) is 13.2 Å². The highest BCUT2D eigenvalue weighted by Crippen LogP contribution is 2.29. The molecule has 33 heavy (non-hydrogen) atoms. The van der Waals surface area contributed by atoms with Crippen molar-refractivity contribution >= 4 is 23.9 Å². The maximum atomic E-state index is 12.0. The molecule has 0 aliphatic rings. The van der Waals surface area contributed by atoms with Crippen LogP contribution in [0.5, 0.6) is 0 Å². The maximum Gasteiger partial charge on any atom is 0.379 e. The van der Waals surface area contributed by atoms with E-state index in [-0.39, 0.29) is 35.5 Å². The lowest BCUT2D eigenvalue weighted by Crippen LogP contribution is -2.51. The Kier molecular flexibility index (Phi) is 13.5. The summed E-state index contributed by atoms with van der Waals surface area (Å²) in [4.78, 5) is 48.0. The van der Waals surface area contributed by atoms with Crippen LogP contribution >= 0.6 is 0 Å². The Morgan fingerprint density at radius 3 is 0.879 bits per heavy atom. The summed E-state index contributed by atoms with van der Waals surface area (Å²) in [7, 11) is 0. The molecular formula is C22H32O11. The summed E-state index contributed by atoms with van der Waals surface area (Å²) >= 11 is 0. The molecule has 0 amide bonds. The first kappa shape index (κ1) is 31.9. The molecule has 0 aliphatic heterocycles. The fourth-order valence-corrected chi connectivity index (χ4v) is 1.48. The van der Waals surface area contributed by atoms with Crippen LogP contribution in [0.15, 0.2) is 48.6 Å². The number of aliphatic hydroxyl groups is 2. The molecule has 2 N–H and O–H groups in total. The monoisotopic (exact) mass is 472 g/mol. The van der Waals surface area contributed by atoms with Crippen molar-refractivity contribution in [3.05, 3.63) is 48.6 Å². The van der Waals surface area contributed by atoms with E-state index in [1.165, 1.54) is 27.7 Å². The topological polar surface area (TPSA) is 155 Å². The summed E-state index contributed by atoms with van der Waals surface area (Å²) in [5.41, 5.74) is -0.201. The molecule has 0 radical (unpaired) electrons. The average Bonchev–Trinajstić information content (AvgIpc) is 2.66. The van der Waals surface area contributed by atoms with Crippen molar-refractivity contribution in [2.45, 2.75) is 53.5 Å². The second-order valence-corrected chi connectivity index (χ2v) is 6.95. The van der Waals surface area contributed by atoms with Gasteiger partial charge >= 0.3 is 35.8 Å². The molecule has 0 heterocycles. The van der Waals surface area contributed by atoms with Crippen LogP contribution in [0.3, 0.4) is 0 Å². The molecule has 0 aromatic heterocycles. The molecule has 0 aromatic rings. The minimum Gasteiger partial charge on any atom is -0.394 e. The van der Waals surface area contributed by atoms with Crippen LogP contribution in [0.4, 0.5) is 0 Å². The van der Waals surface area contributed by atoms with E-state index < -0.39 is 35.8 Å². The molecule has 186 valence electrons. The highest BCUT2D eigenvalue weighted by atomic mass is 17.0. The predicted octanol–water partition coefficient (Wildman–Crippen LogP) is 1.80. The lowest BCUT2D eigenvalue weighted by molar-refractivity contribution is -0.451. The molecular weight excluding hydrogens is 440 g/mol. The largest absolute Gasteiger partial charge is 0.394 e. The average molecular weight is 472 g/mol. The lowest BCUT2D eigenvalue weighted by atomic mass is 10.3. The first-order valence-electron chi connectivity index (χ1n) is 9.40. The number of aliphatic hydroxyl groups excluding tert-OH is 2. The molecule has 0 aliphatic carbocycles. The quantitative estimate of drug-likeness (QED) is 0.257. The smallest absolute Gasteiger partial charge is 0.379 e. The van der Waals surface area contributed by atoms with Crippen molar-refractivity contribution in [1.29, 1.82) is 0 Å². The Bertz CT molecular complexity index is 685. The van der Waals surface area contributed by atoms with Crippen LogP contribution in [0, 0.1) is 0 Å². The highest BCUT2D eigenvalue weighted by Gasteiger charge is 2.48. The number of hydrogen-bond donors (Lipinski definition) is 2. The Morgan fingerprint density at radius 2 is 0.758 bits per heavy atom. The van der Waals surface area contributed by atoms with Crippen LogP contribution in [0.1, 0.15) is 41.5 Å². The molecule has 0 aromatic carbocycles. The van der Waals surface area contributed by atoms with Gasteiger partial charge in [-0.25, -0.2) is 23.9 Å². The molecule has 0 rings (SSSR count). The van der Waals surface area contributed by atoms with Gasteiger partial charge in [0.15, 0.2) is 0 Å². The summed E-state index contributed by atoms with van der Waals surface area (Å²) in [5.74, 6) is -8.98.